The van der Waals surface area contributed by atoms with Gasteiger partial charge in [0.15, 0.2) is 0 Å². The van der Waals surface area contributed by atoms with Crippen molar-refractivity contribution in [3.05, 3.63) is 149 Å². The van der Waals surface area contributed by atoms with Crippen LogP contribution in [0.4, 0.5) is 0 Å². The second kappa shape index (κ2) is 11.3. The van der Waals surface area contributed by atoms with Crippen LogP contribution in [0.2, 0.25) is 0 Å². The summed E-state index contributed by atoms with van der Waals surface area (Å²) >= 11 is 0. The molecule has 1 amide bonds. The molecule has 0 atom stereocenters. The van der Waals surface area contributed by atoms with Crippen molar-refractivity contribution in [1.29, 1.82) is 5.26 Å². The summed E-state index contributed by atoms with van der Waals surface area (Å²) in [7, 11) is 0. The van der Waals surface area contributed by atoms with Gasteiger partial charge in [0.2, 0.25) is 0 Å². The predicted molar refractivity (Wildman–Crippen MR) is 173 cm³/mol. The summed E-state index contributed by atoms with van der Waals surface area (Å²) in [5.74, 6) is -1.23. The molecule has 0 bridgehead atoms. The highest BCUT2D eigenvalue weighted by Crippen LogP contribution is 2.46. The summed E-state index contributed by atoms with van der Waals surface area (Å²) in [6, 6.07) is 38.6. The van der Waals surface area contributed by atoms with Crippen LogP contribution < -0.4 is 5.32 Å². The number of aromatic nitrogens is 2. The first-order valence-corrected chi connectivity index (χ1v) is 14.7. The molecule has 0 unspecified atom stereocenters. The van der Waals surface area contributed by atoms with Crippen LogP contribution in [0.15, 0.2) is 121 Å². The van der Waals surface area contributed by atoms with Crippen LogP contribution in [0, 0.1) is 11.3 Å². The van der Waals surface area contributed by atoms with E-state index in [1.165, 1.54) is 0 Å². The number of aromatic carboxylic acids is 1. The Balaban J connectivity index is 1.29. The summed E-state index contributed by atoms with van der Waals surface area (Å²) in [5.41, 5.74) is 7.18. The van der Waals surface area contributed by atoms with E-state index in [-0.39, 0.29) is 11.5 Å². The summed E-state index contributed by atoms with van der Waals surface area (Å²) < 4.78 is 1.87. The molecular weight excluding hydrogens is 560 g/mol. The Hall–Kier alpha value is -6.00. The van der Waals surface area contributed by atoms with Gasteiger partial charge in [-0.2, -0.15) is 10.4 Å². The highest BCUT2D eigenvalue weighted by atomic mass is 16.4. The van der Waals surface area contributed by atoms with Crippen molar-refractivity contribution in [3.63, 3.8) is 0 Å². The molecular formula is C38H28N4O3. The van der Waals surface area contributed by atoms with Crippen molar-refractivity contribution in [2.75, 3.05) is 0 Å². The maximum absolute atomic E-state index is 14.2. The molecule has 7 nitrogen and oxygen atoms in total. The van der Waals surface area contributed by atoms with Crippen LogP contribution in [0.25, 0.3) is 33.2 Å². The molecule has 1 fully saturated rings. The SMILES string of the molecule is N#Cc1cccc(-c2cc(C(=O)NC3(c4ccc(C(=O)O)cc4)CC3)c3c(cnn3Cc3cccc(-c4ccccc4)c3)c2)c1. The number of benzene rings is 5. The Morgan fingerprint density at radius 3 is 2.24 bits per heavy atom. The number of hydrogen-bond donors (Lipinski definition) is 2. The zero-order valence-corrected chi connectivity index (χ0v) is 24.3. The maximum Gasteiger partial charge on any atom is 0.335 e. The van der Waals surface area contributed by atoms with Crippen molar-refractivity contribution in [1.82, 2.24) is 15.1 Å². The smallest absolute Gasteiger partial charge is 0.335 e. The lowest BCUT2D eigenvalue weighted by molar-refractivity contribution is 0.0696. The van der Waals surface area contributed by atoms with E-state index in [9.17, 15) is 20.0 Å². The number of carbonyl (C=O) groups is 2. The molecule has 7 heteroatoms. The average Bonchev–Trinajstić information content (AvgIpc) is 3.76. The number of rotatable bonds is 8. The summed E-state index contributed by atoms with van der Waals surface area (Å²) in [5, 5.41) is 27.6. The van der Waals surface area contributed by atoms with Gasteiger partial charge >= 0.3 is 5.97 Å². The third-order valence-electron chi connectivity index (χ3n) is 8.46. The van der Waals surface area contributed by atoms with Gasteiger partial charge < -0.3 is 10.4 Å². The van der Waals surface area contributed by atoms with Gasteiger partial charge in [-0.1, -0.05) is 72.8 Å². The molecule has 1 aromatic heterocycles. The molecule has 2 N–H and O–H groups in total. The largest absolute Gasteiger partial charge is 0.478 e. The topological polar surface area (TPSA) is 108 Å². The number of carbonyl (C=O) groups excluding carboxylic acids is 1. The number of nitriles is 1. The lowest BCUT2D eigenvalue weighted by Gasteiger charge is -2.19. The van der Waals surface area contributed by atoms with Crippen LogP contribution >= 0.6 is 0 Å². The first-order valence-electron chi connectivity index (χ1n) is 14.7. The molecule has 0 radical (unpaired) electrons. The Bertz CT molecular complexity index is 2120. The Labute approximate surface area is 260 Å². The summed E-state index contributed by atoms with van der Waals surface area (Å²) in [6.07, 6.45) is 3.29. The van der Waals surface area contributed by atoms with Crippen LogP contribution in [-0.2, 0) is 12.1 Å². The summed E-state index contributed by atoms with van der Waals surface area (Å²) in [4.78, 5) is 25.6. The fourth-order valence-corrected chi connectivity index (χ4v) is 5.94. The fourth-order valence-electron chi connectivity index (χ4n) is 5.94. The highest BCUT2D eigenvalue weighted by Gasteiger charge is 2.46. The van der Waals surface area contributed by atoms with E-state index in [2.05, 4.69) is 41.7 Å². The van der Waals surface area contributed by atoms with Gasteiger partial charge in [0.05, 0.1) is 46.6 Å². The van der Waals surface area contributed by atoms with Gasteiger partial charge in [0, 0.05) is 5.39 Å². The van der Waals surface area contributed by atoms with Crippen LogP contribution in [-0.4, -0.2) is 26.8 Å². The average molecular weight is 589 g/mol. The third-order valence-corrected chi connectivity index (χ3v) is 8.46. The number of fused-ring (bicyclic) bond motifs is 1. The molecule has 1 saturated carbocycles. The van der Waals surface area contributed by atoms with Crippen LogP contribution in [0.5, 0.6) is 0 Å². The van der Waals surface area contributed by atoms with Crippen LogP contribution in [0.1, 0.15) is 50.2 Å². The van der Waals surface area contributed by atoms with E-state index in [0.29, 0.717) is 17.7 Å². The van der Waals surface area contributed by atoms with E-state index < -0.39 is 11.5 Å². The van der Waals surface area contributed by atoms with E-state index in [1.807, 2.05) is 59.3 Å². The fraction of sp³-hybridized carbons (Fsp3) is 0.105. The van der Waals surface area contributed by atoms with Gasteiger partial charge in [-0.15, -0.1) is 0 Å². The monoisotopic (exact) mass is 588 g/mol. The molecule has 5 aromatic carbocycles. The lowest BCUT2D eigenvalue weighted by Crippen LogP contribution is -2.35. The molecule has 7 rings (SSSR count). The van der Waals surface area contributed by atoms with Gasteiger partial charge in [-0.05, 0) is 88.7 Å². The molecule has 0 spiro atoms. The molecule has 0 aliphatic heterocycles. The van der Waals surface area contributed by atoms with Gasteiger partial charge in [0.25, 0.3) is 5.91 Å². The van der Waals surface area contributed by atoms with Gasteiger partial charge in [0.1, 0.15) is 0 Å². The zero-order chi connectivity index (χ0) is 31.0. The zero-order valence-electron chi connectivity index (χ0n) is 24.3. The molecule has 6 aromatic rings. The second-order valence-corrected chi connectivity index (χ2v) is 11.4. The lowest BCUT2D eigenvalue weighted by atomic mass is 9.97. The van der Waals surface area contributed by atoms with Crippen LogP contribution in [0.3, 0.4) is 0 Å². The number of nitrogens with one attached hydrogen (secondary N) is 1. The number of amides is 1. The van der Waals surface area contributed by atoms with Gasteiger partial charge in [-0.3, -0.25) is 9.48 Å². The van der Waals surface area contributed by atoms with Crippen molar-refractivity contribution >= 4 is 22.8 Å². The van der Waals surface area contributed by atoms with E-state index >= 15 is 0 Å². The van der Waals surface area contributed by atoms with Gasteiger partial charge in [-0.25, -0.2) is 4.79 Å². The number of nitrogens with zero attached hydrogens (tertiary/aromatic N) is 3. The molecule has 1 aliphatic carbocycles. The quantitative estimate of drug-likeness (QED) is 0.193. The summed E-state index contributed by atoms with van der Waals surface area (Å²) in [6.45, 7) is 0.468. The minimum absolute atomic E-state index is 0.204. The number of carboxylic acid groups (broad SMARTS) is 1. The predicted octanol–water partition coefficient (Wildman–Crippen LogP) is 7.41. The second-order valence-electron chi connectivity index (χ2n) is 11.4. The number of hydrogen-bond acceptors (Lipinski definition) is 4. The van der Waals surface area contributed by atoms with Crippen molar-refractivity contribution < 1.29 is 14.7 Å². The van der Waals surface area contributed by atoms with E-state index in [0.717, 1.165) is 57.1 Å². The Morgan fingerprint density at radius 2 is 1.53 bits per heavy atom. The molecule has 218 valence electrons. The maximum atomic E-state index is 14.2. The first kappa shape index (κ1) is 27.8. The van der Waals surface area contributed by atoms with Crippen molar-refractivity contribution in [3.8, 4) is 28.3 Å². The minimum atomic E-state index is -0.988. The molecule has 1 aliphatic rings. The van der Waals surface area contributed by atoms with Crippen molar-refractivity contribution in [2.45, 2.75) is 24.9 Å². The molecule has 1 heterocycles. The minimum Gasteiger partial charge on any atom is -0.478 e. The third kappa shape index (κ3) is 5.46. The van der Waals surface area contributed by atoms with Crippen molar-refractivity contribution in [2.24, 2.45) is 0 Å². The Morgan fingerprint density at radius 1 is 0.822 bits per heavy atom. The molecule has 45 heavy (non-hydrogen) atoms. The Kier molecular flexibility index (Phi) is 6.95. The highest BCUT2D eigenvalue weighted by molar-refractivity contribution is 6.08. The number of carboxylic acids is 1. The van der Waals surface area contributed by atoms with E-state index in [1.54, 1.807) is 36.5 Å². The molecule has 0 saturated heterocycles. The first-order chi connectivity index (χ1) is 21.9. The standard InChI is InChI=1S/C38H28N4O3/c39-22-25-6-4-11-30(18-25)31-20-32-23-40-42(24-26-7-5-10-29(19-26)27-8-2-1-3-9-27)35(32)34(21-31)36(43)41-38(16-17-38)33-14-12-28(13-15-33)37(44)45/h1-15,18-21,23H,16-17,24H2,(H,41,43)(H,44,45). The normalized spacial score (nSPS) is 13.2. The van der Waals surface area contributed by atoms with E-state index in [4.69, 9.17) is 5.10 Å².